The number of H-pyrrole nitrogens is 1. The van der Waals surface area contributed by atoms with Crippen LogP contribution in [-0.4, -0.2) is 52.5 Å². The fourth-order valence-corrected chi connectivity index (χ4v) is 4.37. The zero-order chi connectivity index (χ0) is 20.7. The topological polar surface area (TPSA) is 87.6 Å². The van der Waals surface area contributed by atoms with Crippen molar-refractivity contribution >= 4 is 28.5 Å². The molecule has 30 heavy (non-hydrogen) atoms. The first-order chi connectivity index (χ1) is 14.6. The summed E-state index contributed by atoms with van der Waals surface area (Å²) in [4.78, 5) is 43.9. The monoisotopic (exact) mass is 406 g/mol. The minimum absolute atomic E-state index is 0.00307. The number of amides is 2. The molecule has 2 aliphatic heterocycles. The molecule has 8 heteroatoms. The molecule has 3 aromatic rings. The second-order valence-electron chi connectivity index (χ2n) is 7.67. The lowest BCUT2D eigenvalue weighted by atomic mass is 10.0. The first-order valence-electron chi connectivity index (χ1n) is 10.1. The van der Waals surface area contributed by atoms with Crippen molar-refractivity contribution in [3.8, 4) is 5.75 Å². The Kier molecular flexibility index (Phi) is 4.54. The van der Waals surface area contributed by atoms with Crippen molar-refractivity contribution in [3.63, 3.8) is 0 Å². The Bertz CT molecular complexity index is 1170. The maximum Gasteiger partial charge on any atom is 0.326 e. The number of hydrogen-bond acceptors (Lipinski definition) is 4. The number of carbonyl (C=O) groups is 2. The van der Waals surface area contributed by atoms with Gasteiger partial charge in [-0.3, -0.25) is 19.1 Å². The summed E-state index contributed by atoms with van der Waals surface area (Å²) < 4.78 is 7.25. The molecule has 1 N–H and O–H groups in total. The number of piperidine rings is 1. The van der Waals surface area contributed by atoms with Crippen LogP contribution in [0.25, 0.3) is 11.0 Å². The third kappa shape index (κ3) is 3.14. The van der Waals surface area contributed by atoms with Crippen LogP contribution < -0.4 is 15.3 Å². The van der Waals surface area contributed by atoms with E-state index in [1.54, 1.807) is 21.6 Å². The van der Waals surface area contributed by atoms with Crippen molar-refractivity contribution in [3.05, 3.63) is 59.0 Å². The van der Waals surface area contributed by atoms with Crippen molar-refractivity contribution in [2.75, 3.05) is 31.1 Å². The lowest BCUT2D eigenvalue weighted by Crippen LogP contribution is -2.48. The van der Waals surface area contributed by atoms with E-state index in [0.717, 1.165) is 11.0 Å². The number of para-hydroxylation sites is 4. The molecule has 0 radical (unpaired) electrons. The molecular formula is C22H22N4O4. The molecule has 2 aromatic carbocycles. The van der Waals surface area contributed by atoms with Crippen molar-refractivity contribution in [2.24, 2.45) is 0 Å². The van der Waals surface area contributed by atoms with Gasteiger partial charge in [-0.2, -0.15) is 0 Å². The SMILES string of the molecule is O=C(CN1C(=O)COc2ccccc21)N1CCC(n2c(=O)[nH]c3ccccc32)CC1. The van der Waals surface area contributed by atoms with Crippen LogP contribution in [0.3, 0.4) is 0 Å². The highest BCUT2D eigenvalue weighted by Gasteiger charge is 2.31. The van der Waals surface area contributed by atoms with Gasteiger partial charge in [-0.25, -0.2) is 4.79 Å². The first-order valence-corrected chi connectivity index (χ1v) is 10.1. The van der Waals surface area contributed by atoms with E-state index in [9.17, 15) is 14.4 Å². The molecule has 1 fully saturated rings. The largest absolute Gasteiger partial charge is 0.482 e. The van der Waals surface area contributed by atoms with Gasteiger partial charge in [-0.1, -0.05) is 24.3 Å². The molecule has 0 spiro atoms. The van der Waals surface area contributed by atoms with Gasteiger partial charge in [0.15, 0.2) is 6.61 Å². The number of nitrogens with zero attached hydrogens (tertiary/aromatic N) is 3. The minimum atomic E-state index is -0.220. The average Bonchev–Trinajstić information content (AvgIpc) is 3.11. The zero-order valence-corrected chi connectivity index (χ0v) is 16.4. The summed E-state index contributed by atoms with van der Waals surface area (Å²) in [5.74, 6) is 0.300. The second kappa shape index (κ2) is 7.37. The van der Waals surface area contributed by atoms with Crippen molar-refractivity contribution in [1.82, 2.24) is 14.5 Å². The summed E-state index contributed by atoms with van der Waals surface area (Å²) in [5, 5.41) is 0. The van der Waals surface area contributed by atoms with E-state index in [1.165, 1.54) is 4.90 Å². The number of likely N-dealkylation sites (tertiary alicyclic amines) is 1. The quantitative estimate of drug-likeness (QED) is 0.720. The van der Waals surface area contributed by atoms with Gasteiger partial charge < -0.3 is 14.6 Å². The van der Waals surface area contributed by atoms with E-state index in [2.05, 4.69) is 4.98 Å². The first kappa shape index (κ1) is 18.5. The summed E-state index contributed by atoms with van der Waals surface area (Å²) in [6.07, 6.45) is 1.39. The normalized spacial score (nSPS) is 17.1. The standard InChI is InChI=1S/C22H22N4O4/c27-20(13-25-18-7-3-4-8-19(18)30-14-21(25)28)24-11-9-15(10-12-24)26-17-6-2-1-5-16(17)23-22(26)29/h1-8,15H,9-14H2,(H,23,29). The third-order valence-electron chi connectivity index (χ3n) is 5.91. The van der Waals surface area contributed by atoms with Crippen LogP contribution in [0.5, 0.6) is 5.75 Å². The summed E-state index contributed by atoms with van der Waals surface area (Å²) in [7, 11) is 0. The van der Waals surface area contributed by atoms with Gasteiger partial charge in [0.1, 0.15) is 12.3 Å². The third-order valence-corrected chi connectivity index (χ3v) is 5.91. The van der Waals surface area contributed by atoms with Gasteiger partial charge in [0.25, 0.3) is 5.91 Å². The Labute approximate surface area is 172 Å². The average molecular weight is 406 g/mol. The molecule has 1 aromatic heterocycles. The van der Waals surface area contributed by atoms with Gasteiger partial charge in [0.05, 0.1) is 16.7 Å². The van der Waals surface area contributed by atoms with Gasteiger partial charge >= 0.3 is 5.69 Å². The molecule has 1 saturated heterocycles. The van der Waals surface area contributed by atoms with Crippen LogP contribution in [0.4, 0.5) is 5.69 Å². The Balaban J connectivity index is 1.28. The number of nitrogens with one attached hydrogen (secondary N) is 1. The lowest BCUT2D eigenvalue weighted by Gasteiger charge is -2.35. The number of ether oxygens (including phenoxy) is 1. The van der Waals surface area contributed by atoms with Crippen LogP contribution >= 0.6 is 0 Å². The molecule has 8 nitrogen and oxygen atoms in total. The van der Waals surface area contributed by atoms with Crippen LogP contribution in [0.1, 0.15) is 18.9 Å². The predicted octanol–water partition coefficient (Wildman–Crippen LogP) is 1.92. The van der Waals surface area contributed by atoms with Crippen molar-refractivity contribution in [2.45, 2.75) is 18.9 Å². The summed E-state index contributed by atoms with van der Waals surface area (Å²) >= 11 is 0. The summed E-state index contributed by atoms with van der Waals surface area (Å²) in [5.41, 5.74) is 2.23. The summed E-state index contributed by atoms with van der Waals surface area (Å²) in [6, 6.07) is 14.9. The fourth-order valence-electron chi connectivity index (χ4n) is 4.37. The number of carbonyl (C=O) groups excluding carboxylic acids is 2. The molecule has 3 heterocycles. The Morgan fingerprint density at radius 3 is 2.60 bits per heavy atom. The highest BCUT2D eigenvalue weighted by molar-refractivity contribution is 6.02. The van der Waals surface area contributed by atoms with E-state index >= 15 is 0 Å². The molecule has 2 aliphatic rings. The van der Waals surface area contributed by atoms with Crippen LogP contribution in [0, 0.1) is 0 Å². The number of hydrogen-bond donors (Lipinski definition) is 1. The predicted molar refractivity (Wildman–Crippen MR) is 112 cm³/mol. The highest BCUT2D eigenvalue weighted by atomic mass is 16.5. The van der Waals surface area contributed by atoms with E-state index in [4.69, 9.17) is 4.74 Å². The number of anilines is 1. The highest BCUT2D eigenvalue weighted by Crippen LogP contribution is 2.32. The summed E-state index contributed by atoms with van der Waals surface area (Å²) in [6.45, 7) is 1.04. The number of aromatic nitrogens is 2. The van der Waals surface area contributed by atoms with Gasteiger partial charge in [0.2, 0.25) is 5.91 Å². The van der Waals surface area contributed by atoms with Gasteiger partial charge in [-0.05, 0) is 37.1 Å². The maximum atomic E-state index is 12.9. The number of aromatic amines is 1. The molecule has 154 valence electrons. The van der Waals surface area contributed by atoms with E-state index in [0.29, 0.717) is 37.4 Å². The fraction of sp³-hybridized carbons (Fsp3) is 0.318. The molecule has 0 bridgehead atoms. The zero-order valence-electron chi connectivity index (χ0n) is 16.4. The van der Waals surface area contributed by atoms with Crippen LogP contribution in [0.15, 0.2) is 53.3 Å². The smallest absolute Gasteiger partial charge is 0.326 e. The number of fused-ring (bicyclic) bond motifs is 2. The van der Waals surface area contributed by atoms with Crippen LogP contribution in [0.2, 0.25) is 0 Å². The Hall–Kier alpha value is -3.55. The van der Waals surface area contributed by atoms with E-state index in [1.807, 2.05) is 36.4 Å². The Morgan fingerprint density at radius 2 is 1.77 bits per heavy atom. The molecular weight excluding hydrogens is 384 g/mol. The molecule has 5 rings (SSSR count). The number of imidazole rings is 1. The molecule has 0 unspecified atom stereocenters. The molecule has 0 aliphatic carbocycles. The van der Waals surface area contributed by atoms with E-state index < -0.39 is 0 Å². The molecule has 0 atom stereocenters. The van der Waals surface area contributed by atoms with Crippen LogP contribution in [-0.2, 0) is 9.59 Å². The van der Waals surface area contributed by atoms with Gasteiger partial charge in [-0.15, -0.1) is 0 Å². The minimum Gasteiger partial charge on any atom is -0.482 e. The van der Waals surface area contributed by atoms with Gasteiger partial charge in [0, 0.05) is 19.1 Å². The maximum absolute atomic E-state index is 12.9. The number of benzene rings is 2. The molecule has 0 saturated carbocycles. The Morgan fingerprint density at radius 1 is 1.03 bits per heavy atom. The number of rotatable bonds is 3. The second-order valence-corrected chi connectivity index (χ2v) is 7.67. The van der Waals surface area contributed by atoms with Crippen molar-refractivity contribution < 1.29 is 14.3 Å². The van der Waals surface area contributed by atoms with E-state index in [-0.39, 0.29) is 36.7 Å². The van der Waals surface area contributed by atoms with Crippen molar-refractivity contribution in [1.29, 1.82) is 0 Å². The molecule has 2 amide bonds. The lowest BCUT2D eigenvalue weighted by molar-refractivity contribution is -0.133.